The van der Waals surface area contributed by atoms with Gasteiger partial charge >= 0.3 is 0 Å². The standard InChI is InChI=1S/C74H49N3O/c1-4-18-50(19-5-1)52-32-36-57(37-33-52)75(58-38-34-53(35-39-58)51-20-6-2-7-21-51)61-44-55(69-46-54-22-10-11-25-63(54)64-26-12-13-27-65(64)69)45-62(47-61)76(59-41-43-74-70(48-59)68-29-15-17-31-73(68)78-74)60-40-42-67-66-28-14-16-30-71(66)77(72(67)49-60)56-23-8-3-9-24-56/h1-49H/i3D,8D,9D,10D,11D,12D,13D,22D,23D,24D,25D,26D,27D,46D. The summed E-state index contributed by atoms with van der Waals surface area (Å²) in [5.74, 6) is 0. The van der Waals surface area contributed by atoms with Crippen molar-refractivity contribution in [3.63, 3.8) is 0 Å². The Hall–Kier alpha value is -10.4. The van der Waals surface area contributed by atoms with Crippen LogP contribution in [-0.2, 0) is 0 Å². The van der Waals surface area contributed by atoms with Crippen LogP contribution in [0.4, 0.5) is 34.1 Å². The lowest BCUT2D eigenvalue weighted by molar-refractivity contribution is 0.669. The summed E-state index contributed by atoms with van der Waals surface area (Å²) in [7, 11) is 0. The molecule has 15 aromatic rings. The van der Waals surface area contributed by atoms with Crippen LogP contribution >= 0.6 is 0 Å². The van der Waals surface area contributed by atoms with Crippen LogP contribution in [0.15, 0.2) is 301 Å². The molecule has 2 aromatic heterocycles. The van der Waals surface area contributed by atoms with Gasteiger partial charge in [0.1, 0.15) is 11.2 Å². The summed E-state index contributed by atoms with van der Waals surface area (Å²) in [5.41, 5.74) is 9.84. The molecule has 0 amide bonds. The van der Waals surface area contributed by atoms with Crippen molar-refractivity contribution in [2.24, 2.45) is 0 Å². The highest BCUT2D eigenvalue weighted by Crippen LogP contribution is 2.48. The predicted octanol–water partition coefficient (Wildman–Crippen LogP) is 20.9. The lowest BCUT2D eigenvalue weighted by atomic mass is 9.92. The number of anilines is 6. The molecule has 0 N–H and O–H groups in total. The molecule has 4 nitrogen and oxygen atoms in total. The smallest absolute Gasteiger partial charge is 0.135 e. The van der Waals surface area contributed by atoms with Crippen molar-refractivity contribution in [2.45, 2.75) is 0 Å². The van der Waals surface area contributed by atoms with Gasteiger partial charge in [-0.25, -0.2) is 0 Å². The summed E-state index contributed by atoms with van der Waals surface area (Å²) < 4.78 is 137. The van der Waals surface area contributed by atoms with E-state index in [1.54, 1.807) is 10.6 Å². The molecule has 0 aliphatic carbocycles. The molecule has 0 unspecified atom stereocenters. The molecule has 0 aliphatic rings. The number of hydrogen-bond acceptors (Lipinski definition) is 3. The first-order valence-electron chi connectivity index (χ1n) is 32.5. The normalized spacial score (nSPS) is 14.1. The minimum Gasteiger partial charge on any atom is -0.456 e. The van der Waals surface area contributed by atoms with Gasteiger partial charge in [0.2, 0.25) is 0 Å². The molecular weight excluding hydrogens is 947 g/mol. The van der Waals surface area contributed by atoms with E-state index in [0.29, 0.717) is 61.7 Å². The number of furan rings is 1. The van der Waals surface area contributed by atoms with E-state index in [-0.39, 0.29) is 38.4 Å². The molecule has 4 heteroatoms. The quantitative estimate of drug-likeness (QED) is 0.128. The van der Waals surface area contributed by atoms with Gasteiger partial charge in [-0.15, -0.1) is 0 Å². The van der Waals surface area contributed by atoms with Crippen LogP contribution in [0, 0.1) is 0 Å². The van der Waals surface area contributed by atoms with E-state index in [2.05, 4.69) is 4.90 Å². The molecule has 0 atom stereocenters. The molecule has 0 fully saturated rings. The zero-order valence-electron chi connectivity index (χ0n) is 55.5. The Morgan fingerprint density at radius 1 is 0.308 bits per heavy atom. The average Bonchev–Trinajstić information content (AvgIpc) is 0.761. The number of benzene rings is 13. The predicted molar refractivity (Wildman–Crippen MR) is 329 cm³/mol. The first-order chi connectivity index (χ1) is 44.5. The second kappa shape index (κ2) is 18.7. The van der Waals surface area contributed by atoms with Crippen LogP contribution in [0.2, 0.25) is 0 Å². The fourth-order valence-electron chi connectivity index (χ4n) is 11.0. The number of para-hydroxylation sites is 3. The van der Waals surface area contributed by atoms with Crippen molar-refractivity contribution in [2.75, 3.05) is 9.80 Å². The highest BCUT2D eigenvalue weighted by atomic mass is 16.3. The van der Waals surface area contributed by atoms with Gasteiger partial charge in [0.15, 0.2) is 0 Å². The molecule has 15 rings (SSSR count). The maximum Gasteiger partial charge on any atom is 0.135 e. The Morgan fingerprint density at radius 2 is 0.821 bits per heavy atom. The SMILES string of the molecule is [2H]c1c([2H])c([2H])c(-n2c3ccccc3c3ccc(N(c4cc(-c5c([2H])c6c([2H])c([2H])c([2H])c([2H])c6c6c([2H])c([2H])c([2H])c([2H])c56)cc(N(c5ccc(-c6ccccc6)cc5)c5ccc(-c6ccccc6)cc5)c4)c4ccc5oc6ccccc6c5c4)cc32)c([2H])c1[2H]. The van der Waals surface area contributed by atoms with Crippen LogP contribution in [-0.4, -0.2) is 4.57 Å². The Morgan fingerprint density at radius 3 is 1.53 bits per heavy atom. The van der Waals surface area contributed by atoms with Crippen molar-refractivity contribution in [1.82, 2.24) is 4.57 Å². The molecular formula is C74H49N3O. The fraction of sp³-hybridized carbons (Fsp3) is 0. The first kappa shape index (κ1) is 32.8. The number of nitrogens with zero attached hydrogens (tertiary/aromatic N) is 3. The van der Waals surface area contributed by atoms with Gasteiger partial charge in [0, 0.05) is 61.4 Å². The highest BCUT2D eigenvalue weighted by Gasteiger charge is 2.24. The topological polar surface area (TPSA) is 24.6 Å². The van der Waals surface area contributed by atoms with Gasteiger partial charge < -0.3 is 18.8 Å². The summed E-state index contributed by atoms with van der Waals surface area (Å²) in [5, 5.41) is 2.31. The van der Waals surface area contributed by atoms with Crippen LogP contribution in [0.1, 0.15) is 19.2 Å². The molecule has 0 spiro atoms. The van der Waals surface area contributed by atoms with Crippen LogP contribution in [0.5, 0.6) is 0 Å². The third kappa shape index (κ3) is 7.77. The summed E-state index contributed by atoms with van der Waals surface area (Å²) >= 11 is 0. The van der Waals surface area contributed by atoms with Crippen molar-refractivity contribution in [1.29, 1.82) is 0 Å². The monoisotopic (exact) mass is 1010 g/mol. The van der Waals surface area contributed by atoms with E-state index in [9.17, 15) is 11.0 Å². The zero-order chi connectivity index (χ0) is 63.7. The van der Waals surface area contributed by atoms with Gasteiger partial charge in [0.25, 0.3) is 0 Å². The fourth-order valence-corrected chi connectivity index (χ4v) is 11.0. The highest BCUT2D eigenvalue weighted by molar-refractivity contribution is 6.15. The van der Waals surface area contributed by atoms with Crippen molar-refractivity contribution in [3.8, 4) is 39.1 Å². The minimum absolute atomic E-state index is 0.0283. The second-order valence-electron chi connectivity index (χ2n) is 19.0. The van der Waals surface area contributed by atoms with Gasteiger partial charge in [-0.05, 0) is 158 Å². The summed E-state index contributed by atoms with van der Waals surface area (Å²) in [6.45, 7) is 0. The maximum absolute atomic E-state index is 10.3. The molecule has 0 bridgehead atoms. The number of rotatable bonds is 10. The molecule has 0 aliphatic heterocycles. The number of hydrogen-bond donors (Lipinski definition) is 0. The Labute approximate surface area is 471 Å². The summed E-state index contributed by atoms with van der Waals surface area (Å²) in [6, 6.07) is 61.0. The third-order valence-corrected chi connectivity index (χ3v) is 14.5. The van der Waals surface area contributed by atoms with Crippen molar-refractivity contribution < 1.29 is 23.6 Å². The first-order valence-corrected chi connectivity index (χ1v) is 25.5. The van der Waals surface area contributed by atoms with E-state index in [1.165, 1.54) is 0 Å². The molecule has 78 heavy (non-hydrogen) atoms. The van der Waals surface area contributed by atoms with E-state index in [4.69, 9.17) is 12.6 Å². The minimum atomic E-state index is -0.625. The Kier molecular flexibility index (Phi) is 7.88. The summed E-state index contributed by atoms with van der Waals surface area (Å²) in [4.78, 5) is 4.04. The summed E-state index contributed by atoms with van der Waals surface area (Å²) in [6.07, 6.45) is 0. The van der Waals surface area contributed by atoms with E-state index in [1.807, 2.05) is 211 Å². The van der Waals surface area contributed by atoms with Gasteiger partial charge in [0.05, 0.1) is 30.2 Å². The average molecular weight is 1010 g/mol. The van der Waals surface area contributed by atoms with E-state index < -0.39 is 84.6 Å². The molecule has 0 saturated carbocycles. The van der Waals surface area contributed by atoms with Crippen LogP contribution in [0.3, 0.4) is 0 Å². The van der Waals surface area contributed by atoms with Crippen LogP contribution in [0.25, 0.3) is 104 Å². The van der Waals surface area contributed by atoms with Gasteiger partial charge in [-0.3, -0.25) is 0 Å². The van der Waals surface area contributed by atoms with Gasteiger partial charge in [-0.1, -0.05) is 194 Å². The van der Waals surface area contributed by atoms with Crippen molar-refractivity contribution in [3.05, 3.63) is 297 Å². The largest absolute Gasteiger partial charge is 0.456 e. The number of fused-ring (bicyclic) bond motifs is 9. The lowest BCUT2D eigenvalue weighted by Crippen LogP contribution is -2.14. The molecule has 0 saturated heterocycles. The third-order valence-electron chi connectivity index (χ3n) is 14.5. The molecule has 2 heterocycles. The zero-order valence-corrected chi connectivity index (χ0v) is 41.5. The van der Waals surface area contributed by atoms with Gasteiger partial charge in [-0.2, -0.15) is 0 Å². The molecule has 366 valence electrons. The molecule has 0 radical (unpaired) electrons. The van der Waals surface area contributed by atoms with Crippen molar-refractivity contribution >= 4 is 99.4 Å². The Bertz CT molecular complexity index is 5470. The number of aromatic nitrogens is 1. The van der Waals surface area contributed by atoms with E-state index >= 15 is 0 Å². The second-order valence-corrected chi connectivity index (χ2v) is 19.0. The lowest BCUT2D eigenvalue weighted by Gasteiger charge is -2.31. The van der Waals surface area contributed by atoms with E-state index in [0.717, 1.165) is 38.4 Å². The molecule has 13 aromatic carbocycles. The maximum atomic E-state index is 10.3. The Balaban J connectivity index is 1.09. The van der Waals surface area contributed by atoms with Crippen LogP contribution < -0.4 is 9.80 Å².